The second-order valence-corrected chi connectivity index (χ2v) is 9.93. The Bertz CT molecular complexity index is 1940. The van der Waals surface area contributed by atoms with Crippen molar-refractivity contribution in [2.45, 2.75) is 13.8 Å². The van der Waals surface area contributed by atoms with Crippen molar-refractivity contribution in [3.05, 3.63) is 127 Å². The van der Waals surface area contributed by atoms with E-state index in [0.717, 1.165) is 67.0 Å². The Morgan fingerprint density at radius 1 is 0.475 bits per heavy atom. The number of nitrogens with zero attached hydrogens (tertiary/aromatic N) is 5. The van der Waals surface area contributed by atoms with Gasteiger partial charge in [0.05, 0.1) is 28.1 Å². The van der Waals surface area contributed by atoms with Gasteiger partial charge < -0.3 is 0 Å². The molecule has 0 N–H and O–H groups in total. The summed E-state index contributed by atoms with van der Waals surface area (Å²) in [6, 6.07) is 36.9. The first-order chi connectivity index (χ1) is 19.6. The molecule has 0 saturated carbocycles. The summed E-state index contributed by atoms with van der Waals surface area (Å²) in [5, 5.41) is 2.22. The molecule has 7 aromatic rings. The number of hydrogen-bond donors (Lipinski definition) is 0. The van der Waals surface area contributed by atoms with Crippen LogP contribution in [0, 0.1) is 13.8 Å². The third kappa shape index (κ3) is 4.37. The summed E-state index contributed by atoms with van der Waals surface area (Å²) in [6.45, 7) is 4.16. The van der Waals surface area contributed by atoms with Gasteiger partial charge in [0.25, 0.3) is 0 Å². The van der Waals surface area contributed by atoms with E-state index < -0.39 is 0 Å². The second kappa shape index (κ2) is 9.79. The SMILES string of the molecule is Cc1cc(C)c2ccc3ccc(-c4ccc(-c5cc(-c6ccccc6)nc(-c6ccccn6)n5)cc4)nc3c2n1. The van der Waals surface area contributed by atoms with Gasteiger partial charge in [0.1, 0.15) is 5.69 Å². The van der Waals surface area contributed by atoms with Crippen molar-refractivity contribution in [1.82, 2.24) is 24.9 Å². The third-order valence-electron chi connectivity index (χ3n) is 7.14. The Balaban J connectivity index is 1.31. The quantitative estimate of drug-likeness (QED) is 0.221. The van der Waals surface area contributed by atoms with Crippen LogP contribution in [-0.2, 0) is 0 Å². The lowest BCUT2D eigenvalue weighted by Crippen LogP contribution is -1.97. The van der Waals surface area contributed by atoms with E-state index in [0.29, 0.717) is 5.82 Å². The molecule has 40 heavy (non-hydrogen) atoms. The van der Waals surface area contributed by atoms with Gasteiger partial charge in [0.15, 0.2) is 5.82 Å². The number of aromatic nitrogens is 5. The average molecular weight is 516 g/mol. The number of fused-ring (bicyclic) bond motifs is 3. The molecule has 7 rings (SSSR count). The van der Waals surface area contributed by atoms with E-state index in [9.17, 15) is 0 Å². The molecule has 0 spiro atoms. The fourth-order valence-electron chi connectivity index (χ4n) is 5.14. The minimum Gasteiger partial charge on any atom is -0.253 e. The minimum absolute atomic E-state index is 0.599. The molecule has 0 aliphatic carbocycles. The first-order valence-electron chi connectivity index (χ1n) is 13.3. The maximum Gasteiger partial charge on any atom is 0.179 e. The van der Waals surface area contributed by atoms with Gasteiger partial charge in [-0.05, 0) is 49.7 Å². The zero-order chi connectivity index (χ0) is 27.1. The molecule has 0 aliphatic heterocycles. The topological polar surface area (TPSA) is 64.5 Å². The van der Waals surface area contributed by atoms with Crippen molar-refractivity contribution in [3.63, 3.8) is 0 Å². The molecule has 4 heterocycles. The first-order valence-corrected chi connectivity index (χ1v) is 13.3. The highest BCUT2D eigenvalue weighted by Crippen LogP contribution is 2.31. The Morgan fingerprint density at radius 3 is 1.88 bits per heavy atom. The number of aryl methyl sites for hydroxylation is 2. The number of pyridine rings is 3. The van der Waals surface area contributed by atoms with Gasteiger partial charge in [-0.25, -0.2) is 15.0 Å². The van der Waals surface area contributed by atoms with Crippen LogP contribution in [0.4, 0.5) is 0 Å². The van der Waals surface area contributed by atoms with Crippen molar-refractivity contribution < 1.29 is 0 Å². The Kier molecular flexibility index (Phi) is 5.82. The molecule has 0 aliphatic rings. The van der Waals surface area contributed by atoms with Gasteiger partial charge in [-0.1, -0.05) is 78.9 Å². The lowest BCUT2D eigenvalue weighted by molar-refractivity contribution is 1.15. The van der Waals surface area contributed by atoms with E-state index in [1.54, 1.807) is 6.20 Å². The standard InChI is InChI=1S/C35H25N5/c1-22-20-23(2)37-34-28(22)17-15-27-16-18-29(38-33(27)34)25-11-13-26(14-12-25)32-21-31(24-8-4-3-5-9-24)39-35(40-32)30-10-6-7-19-36-30/h3-21H,1-2H3. The summed E-state index contributed by atoms with van der Waals surface area (Å²) in [7, 11) is 0. The molecular weight excluding hydrogens is 490 g/mol. The van der Waals surface area contributed by atoms with E-state index in [4.69, 9.17) is 19.9 Å². The van der Waals surface area contributed by atoms with Crippen LogP contribution >= 0.6 is 0 Å². The predicted molar refractivity (Wildman–Crippen MR) is 162 cm³/mol. The maximum atomic E-state index is 5.07. The monoisotopic (exact) mass is 515 g/mol. The van der Waals surface area contributed by atoms with E-state index in [-0.39, 0.29) is 0 Å². The molecule has 5 heteroatoms. The van der Waals surface area contributed by atoms with Gasteiger partial charge in [0, 0.05) is 39.4 Å². The summed E-state index contributed by atoms with van der Waals surface area (Å²) in [4.78, 5) is 24.1. The molecule has 0 radical (unpaired) electrons. The first kappa shape index (κ1) is 23.8. The van der Waals surface area contributed by atoms with Crippen LogP contribution in [0.2, 0.25) is 0 Å². The van der Waals surface area contributed by atoms with Crippen molar-refractivity contribution in [2.75, 3.05) is 0 Å². The summed E-state index contributed by atoms with van der Waals surface area (Å²) in [5.41, 5.74) is 10.5. The molecule has 0 unspecified atom stereocenters. The van der Waals surface area contributed by atoms with Gasteiger partial charge in [-0.3, -0.25) is 9.97 Å². The molecule has 4 aromatic heterocycles. The average Bonchev–Trinajstić information content (AvgIpc) is 3.01. The summed E-state index contributed by atoms with van der Waals surface area (Å²) in [6.07, 6.45) is 1.76. The Labute approximate surface area is 232 Å². The largest absolute Gasteiger partial charge is 0.253 e. The van der Waals surface area contributed by atoms with Crippen LogP contribution in [0.1, 0.15) is 11.3 Å². The molecule has 0 fully saturated rings. The highest BCUT2D eigenvalue weighted by Gasteiger charge is 2.13. The normalized spacial score (nSPS) is 11.2. The van der Waals surface area contributed by atoms with E-state index in [2.05, 4.69) is 78.6 Å². The fourth-order valence-corrected chi connectivity index (χ4v) is 5.14. The number of hydrogen-bond acceptors (Lipinski definition) is 5. The zero-order valence-corrected chi connectivity index (χ0v) is 22.2. The molecular formula is C35H25N5. The van der Waals surface area contributed by atoms with E-state index >= 15 is 0 Å². The van der Waals surface area contributed by atoms with Crippen LogP contribution in [0.25, 0.3) is 67.1 Å². The van der Waals surface area contributed by atoms with E-state index in [1.807, 2.05) is 49.4 Å². The molecule has 0 bridgehead atoms. The van der Waals surface area contributed by atoms with Gasteiger partial charge in [-0.15, -0.1) is 0 Å². The fraction of sp³-hybridized carbons (Fsp3) is 0.0571. The summed E-state index contributed by atoms with van der Waals surface area (Å²) >= 11 is 0. The molecule has 5 nitrogen and oxygen atoms in total. The summed E-state index contributed by atoms with van der Waals surface area (Å²) < 4.78 is 0. The van der Waals surface area contributed by atoms with Crippen LogP contribution in [0.3, 0.4) is 0 Å². The van der Waals surface area contributed by atoms with Crippen LogP contribution in [0.15, 0.2) is 115 Å². The third-order valence-corrected chi connectivity index (χ3v) is 7.14. The minimum atomic E-state index is 0.599. The maximum absolute atomic E-state index is 5.07. The van der Waals surface area contributed by atoms with Gasteiger partial charge >= 0.3 is 0 Å². The van der Waals surface area contributed by atoms with Crippen LogP contribution in [-0.4, -0.2) is 24.9 Å². The van der Waals surface area contributed by atoms with Crippen LogP contribution < -0.4 is 0 Å². The van der Waals surface area contributed by atoms with Gasteiger partial charge in [0.2, 0.25) is 0 Å². The smallest absolute Gasteiger partial charge is 0.179 e. The van der Waals surface area contributed by atoms with Gasteiger partial charge in [-0.2, -0.15) is 0 Å². The van der Waals surface area contributed by atoms with Crippen molar-refractivity contribution in [2.24, 2.45) is 0 Å². The Morgan fingerprint density at radius 2 is 1.15 bits per heavy atom. The molecule has 0 amide bonds. The molecule has 190 valence electrons. The van der Waals surface area contributed by atoms with Crippen molar-refractivity contribution >= 4 is 21.8 Å². The highest BCUT2D eigenvalue weighted by atomic mass is 14.9. The van der Waals surface area contributed by atoms with Crippen molar-refractivity contribution in [3.8, 4) is 45.3 Å². The van der Waals surface area contributed by atoms with Crippen molar-refractivity contribution in [1.29, 1.82) is 0 Å². The van der Waals surface area contributed by atoms with Crippen LogP contribution in [0.5, 0.6) is 0 Å². The van der Waals surface area contributed by atoms with E-state index in [1.165, 1.54) is 5.56 Å². The summed E-state index contributed by atoms with van der Waals surface area (Å²) in [5.74, 6) is 0.599. The molecule has 0 saturated heterocycles. The lowest BCUT2D eigenvalue weighted by Gasteiger charge is -2.10. The molecule has 3 aromatic carbocycles. The number of rotatable bonds is 4. The highest BCUT2D eigenvalue weighted by molar-refractivity contribution is 6.04. The zero-order valence-electron chi connectivity index (χ0n) is 22.2. The second-order valence-electron chi connectivity index (χ2n) is 9.93. The predicted octanol–water partition coefficient (Wildman–Crippen LogP) is 8.25. The number of benzene rings is 3. The Hall–Kier alpha value is -5.29. The lowest BCUT2D eigenvalue weighted by atomic mass is 10.0. The molecule has 0 atom stereocenters.